The van der Waals surface area contributed by atoms with E-state index in [0.29, 0.717) is 28.6 Å². The number of nitriles is 1. The fourth-order valence-electron chi connectivity index (χ4n) is 3.28. The van der Waals surface area contributed by atoms with Crippen molar-refractivity contribution in [2.24, 2.45) is 0 Å². The van der Waals surface area contributed by atoms with Crippen LogP contribution in [0.3, 0.4) is 0 Å². The van der Waals surface area contributed by atoms with Crippen LogP contribution in [0.1, 0.15) is 26.5 Å². The number of hydrogen-bond acceptors (Lipinski definition) is 6. The highest BCUT2D eigenvalue weighted by Crippen LogP contribution is 2.29. The second-order valence-corrected chi connectivity index (χ2v) is 8.82. The number of amides is 1. The average Bonchev–Trinajstić information content (AvgIpc) is 3.36. The van der Waals surface area contributed by atoms with Crippen LogP contribution in [0.15, 0.2) is 54.6 Å². The summed E-state index contributed by atoms with van der Waals surface area (Å²) in [5, 5.41) is 17.5. The first kappa shape index (κ1) is 22.5. The molecule has 0 bridgehead atoms. The van der Waals surface area contributed by atoms with Crippen LogP contribution in [0.4, 0.5) is 5.69 Å². The molecule has 0 saturated heterocycles. The summed E-state index contributed by atoms with van der Waals surface area (Å²) in [6.45, 7) is 2.03. The zero-order valence-electron chi connectivity index (χ0n) is 17.7. The zero-order valence-corrected chi connectivity index (χ0v) is 19.2. The first-order chi connectivity index (χ1) is 15.9. The topological polar surface area (TPSA) is 97.0 Å². The van der Waals surface area contributed by atoms with Gasteiger partial charge in [-0.05, 0) is 48.4 Å². The van der Waals surface area contributed by atoms with Crippen LogP contribution in [0, 0.1) is 18.3 Å². The Hall–Kier alpha value is -3.67. The van der Waals surface area contributed by atoms with E-state index in [-0.39, 0.29) is 0 Å². The molecule has 0 unspecified atom stereocenters. The van der Waals surface area contributed by atoms with Crippen LogP contribution in [-0.4, -0.2) is 28.3 Å². The first-order valence-electron chi connectivity index (χ1n) is 10.1. The number of carbonyl (C=O) groups excluding carboxylic acids is 2. The van der Waals surface area contributed by atoms with Crippen LogP contribution < -0.4 is 5.32 Å². The third-order valence-corrected chi connectivity index (χ3v) is 6.29. The van der Waals surface area contributed by atoms with E-state index in [2.05, 4.69) is 16.5 Å². The Morgan fingerprint density at radius 2 is 1.85 bits per heavy atom. The van der Waals surface area contributed by atoms with Gasteiger partial charge in [-0.15, -0.1) is 11.3 Å². The second kappa shape index (κ2) is 9.86. The number of halogens is 1. The van der Waals surface area contributed by atoms with Crippen LogP contribution >= 0.6 is 22.9 Å². The lowest BCUT2D eigenvalue weighted by Gasteiger charge is -2.06. The van der Waals surface area contributed by atoms with Crippen molar-refractivity contribution in [2.45, 2.75) is 19.9 Å². The Bertz CT molecular complexity index is 1350. The van der Waals surface area contributed by atoms with Gasteiger partial charge in [0.05, 0.1) is 24.7 Å². The van der Waals surface area contributed by atoms with Gasteiger partial charge in [-0.3, -0.25) is 9.48 Å². The van der Waals surface area contributed by atoms with Gasteiger partial charge in [0, 0.05) is 16.1 Å². The number of thiophene rings is 1. The summed E-state index contributed by atoms with van der Waals surface area (Å²) in [4.78, 5) is 26.0. The molecule has 7 nitrogen and oxygen atoms in total. The van der Waals surface area contributed by atoms with E-state index in [0.717, 1.165) is 27.0 Å². The molecule has 0 spiro atoms. The molecule has 0 radical (unpaired) electrons. The summed E-state index contributed by atoms with van der Waals surface area (Å²) in [6, 6.07) is 18.3. The predicted octanol–water partition coefficient (Wildman–Crippen LogP) is 4.97. The van der Waals surface area contributed by atoms with E-state index in [9.17, 15) is 9.59 Å². The third kappa shape index (κ3) is 5.40. The largest absolute Gasteiger partial charge is 0.451 e. The molecule has 0 aliphatic heterocycles. The number of nitrogens with zero attached hydrogens (tertiary/aromatic N) is 3. The Labute approximate surface area is 199 Å². The molecule has 0 aliphatic rings. The Morgan fingerprint density at radius 3 is 2.55 bits per heavy atom. The summed E-state index contributed by atoms with van der Waals surface area (Å²) < 4.78 is 7.05. The lowest BCUT2D eigenvalue weighted by Crippen LogP contribution is -2.20. The van der Waals surface area contributed by atoms with Crippen molar-refractivity contribution >= 4 is 50.7 Å². The molecule has 2 heterocycles. The van der Waals surface area contributed by atoms with E-state index in [4.69, 9.17) is 21.6 Å². The highest BCUT2D eigenvalue weighted by molar-refractivity contribution is 7.20. The quantitative estimate of drug-likeness (QED) is 0.378. The van der Waals surface area contributed by atoms with Crippen molar-refractivity contribution < 1.29 is 14.3 Å². The number of esters is 1. The van der Waals surface area contributed by atoms with Gasteiger partial charge in [0.1, 0.15) is 9.71 Å². The number of anilines is 1. The number of nitrogens with one attached hydrogen (secondary N) is 1. The van der Waals surface area contributed by atoms with Crippen molar-refractivity contribution in [3.8, 4) is 6.07 Å². The van der Waals surface area contributed by atoms with E-state index < -0.39 is 18.5 Å². The maximum atomic E-state index is 12.5. The molecule has 1 N–H and O–H groups in total. The van der Waals surface area contributed by atoms with Crippen molar-refractivity contribution in [3.63, 3.8) is 0 Å². The van der Waals surface area contributed by atoms with Gasteiger partial charge in [-0.25, -0.2) is 4.79 Å². The lowest BCUT2D eigenvalue weighted by molar-refractivity contribution is -0.119. The highest BCUT2D eigenvalue weighted by Gasteiger charge is 2.18. The van der Waals surface area contributed by atoms with E-state index >= 15 is 0 Å². The molecule has 0 atom stereocenters. The molecule has 166 valence electrons. The lowest BCUT2D eigenvalue weighted by atomic mass is 10.1. The molecule has 2 aromatic carbocycles. The smallest absolute Gasteiger partial charge is 0.348 e. The fourth-order valence-corrected chi connectivity index (χ4v) is 4.46. The van der Waals surface area contributed by atoms with Gasteiger partial charge in [0.25, 0.3) is 5.91 Å². The summed E-state index contributed by atoms with van der Waals surface area (Å²) in [6.07, 6.45) is 0.304. The van der Waals surface area contributed by atoms with Crippen molar-refractivity contribution in [2.75, 3.05) is 11.9 Å². The summed E-state index contributed by atoms with van der Waals surface area (Å²) >= 11 is 7.24. The van der Waals surface area contributed by atoms with Gasteiger partial charge in [0.2, 0.25) is 0 Å². The average molecular weight is 479 g/mol. The molecule has 33 heavy (non-hydrogen) atoms. The molecule has 0 saturated carbocycles. The van der Waals surface area contributed by atoms with Crippen molar-refractivity contribution in [1.82, 2.24) is 9.78 Å². The number of ether oxygens (including phenoxy) is 1. The second-order valence-electron chi connectivity index (χ2n) is 7.36. The van der Waals surface area contributed by atoms with Gasteiger partial charge in [-0.1, -0.05) is 35.9 Å². The van der Waals surface area contributed by atoms with Crippen LogP contribution in [0.25, 0.3) is 10.2 Å². The zero-order chi connectivity index (χ0) is 23.4. The predicted molar refractivity (Wildman–Crippen MR) is 128 cm³/mol. The van der Waals surface area contributed by atoms with Gasteiger partial charge in [-0.2, -0.15) is 10.4 Å². The number of benzene rings is 2. The monoisotopic (exact) mass is 478 g/mol. The van der Waals surface area contributed by atoms with E-state index in [1.807, 2.05) is 35.9 Å². The minimum Gasteiger partial charge on any atom is -0.451 e. The molecule has 2 aromatic heterocycles. The van der Waals surface area contributed by atoms with Crippen LogP contribution in [0.2, 0.25) is 5.02 Å². The minimum absolute atomic E-state index is 0.304. The number of rotatable bonds is 7. The van der Waals surface area contributed by atoms with Crippen molar-refractivity contribution in [1.29, 1.82) is 5.26 Å². The Kier molecular flexibility index (Phi) is 6.73. The van der Waals surface area contributed by atoms with Gasteiger partial charge >= 0.3 is 5.97 Å². The SMILES string of the molecule is Cc1nn(Cc2ccc(Cl)cc2)c2sc(C(=O)OCC(=O)Nc3ccc(CC#N)cc3)cc12. The number of aromatic nitrogens is 2. The molecule has 0 fully saturated rings. The maximum absolute atomic E-state index is 12.5. The number of aryl methyl sites for hydroxylation is 1. The normalized spacial score (nSPS) is 10.7. The van der Waals surface area contributed by atoms with Crippen LogP contribution in [-0.2, 0) is 22.5 Å². The Balaban J connectivity index is 1.39. The standard InChI is InChI=1S/C24H19ClN4O3S/c1-15-20-12-21(33-23(20)29(28-15)13-17-2-6-18(25)7-3-17)24(31)32-14-22(30)27-19-8-4-16(5-9-19)10-11-26/h2-9,12H,10,13-14H2,1H3,(H,27,30). The molecule has 0 aliphatic carbocycles. The molecule has 4 aromatic rings. The molecule has 4 rings (SSSR count). The van der Waals surface area contributed by atoms with Crippen molar-refractivity contribution in [3.05, 3.63) is 81.3 Å². The summed E-state index contributed by atoms with van der Waals surface area (Å²) in [5.41, 5.74) is 3.28. The first-order valence-corrected chi connectivity index (χ1v) is 11.3. The number of carbonyl (C=O) groups is 2. The highest BCUT2D eigenvalue weighted by atomic mass is 35.5. The molecular weight excluding hydrogens is 460 g/mol. The fraction of sp³-hybridized carbons (Fsp3) is 0.167. The molecule has 1 amide bonds. The van der Waals surface area contributed by atoms with E-state index in [1.165, 1.54) is 11.3 Å². The molecular formula is C24H19ClN4O3S. The van der Waals surface area contributed by atoms with Crippen LogP contribution in [0.5, 0.6) is 0 Å². The summed E-state index contributed by atoms with van der Waals surface area (Å²) in [7, 11) is 0. The minimum atomic E-state index is -0.562. The third-order valence-electron chi connectivity index (χ3n) is 4.91. The van der Waals surface area contributed by atoms with E-state index in [1.54, 1.807) is 30.3 Å². The number of fused-ring (bicyclic) bond motifs is 1. The molecule has 9 heteroatoms. The summed E-state index contributed by atoms with van der Waals surface area (Å²) in [5.74, 6) is -1.00. The van der Waals surface area contributed by atoms with Gasteiger partial charge < -0.3 is 10.1 Å². The Morgan fingerprint density at radius 1 is 1.15 bits per heavy atom. The maximum Gasteiger partial charge on any atom is 0.348 e. The van der Waals surface area contributed by atoms with Gasteiger partial charge in [0.15, 0.2) is 6.61 Å². The number of hydrogen-bond donors (Lipinski definition) is 1.